The molecule has 1 aliphatic heterocycles. The zero-order chi connectivity index (χ0) is 24.9. The van der Waals surface area contributed by atoms with Gasteiger partial charge in [0.05, 0.1) is 30.6 Å². The molecule has 2 amide bonds. The number of nitrogens with zero attached hydrogens (tertiary/aromatic N) is 4. The number of rotatable bonds is 5. The molecule has 1 aromatic heterocycles. The fourth-order valence-corrected chi connectivity index (χ4v) is 4.18. The zero-order valence-corrected chi connectivity index (χ0v) is 20.7. The summed E-state index contributed by atoms with van der Waals surface area (Å²) in [6.07, 6.45) is 0.749. The summed E-state index contributed by atoms with van der Waals surface area (Å²) in [4.78, 5) is 29.3. The van der Waals surface area contributed by atoms with Crippen LogP contribution < -0.4 is 25.2 Å². The van der Waals surface area contributed by atoms with Gasteiger partial charge in [0.15, 0.2) is 0 Å². The summed E-state index contributed by atoms with van der Waals surface area (Å²) < 4.78 is 12.0. The number of amides is 2. The van der Waals surface area contributed by atoms with Crippen molar-refractivity contribution < 1.29 is 14.3 Å². The average molecular weight is 498 g/mol. The third kappa shape index (κ3) is 5.51. The SMILES string of the molecule is COc1cc(OC)c(NC(=O)N2CCCN(c3ccc(=O)n(-c4ccc(C)cc4)n3)CC2)cc1Cl. The minimum atomic E-state index is -0.246. The summed E-state index contributed by atoms with van der Waals surface area (Å²) in [5, 5.41) is 7.86. The van der Waals surface area contributed by atoms with Crippen LogP contribution in [0.2, 0.25) is 5.02 Å². The van der Waals surface area contributed by atoms with E-state index < -0.39 is 0 Å². The largest absolute Gasteiger partial charge is 0.495 e. The van der Waals surface area contributed by atoms with Gasteiger partial charge in [-0.25, -0.2) is 4.79 Å². The molecule has 1 fully saturated rings. The number of methoxy groups -OCH3 is 2. The number of aryl methyl sites for hydroxylation is 1. The molecule has 3 aromatic rings. The molecule has 0 radical (unpaired) electrons. The van der Waals surface area contributed by atoms with Crippen molar-refractivity contribution in [2.75, 3.05) is 50.6 Å². The molecule has 184 valence electrons. The molecule has 0 aliphatic carbocycles. The third-order valence-electron chi connectivity index (χ3n) is 5.89. The Bertz CT molecular complexity index is 1260. The van der Waals surface area contributed by atoms with E-state index in [0.717, 1.165) is 12.0 Å². The summed E-state index contributed by atoms with van der Waals surface area (Å²) in [6, 6.07) is 13.9. The van der Waals surface area contributed by atoms with E-state index in [1.165, 1.54) is 25.0 Å². The van der Waals surface area contributed by atoms with Gasteiger partial charge in [-0.1, -0.05) is 29.3 Å². The molecular weight excluding hydrogens is 470 g/mol. The number of urea groups is 1. The summed E-state index contributed by atoms with van der Waals surface area (Å²) in [7, 11) is 3.04. The molecule has 1 saturated heterocycles. The molecule has 2 heterocycles. The Morgan fingerprint density at radius 2 is 1.71 bits per heavy atom. The van der Waals surface area contributed by atoms with Gasteiger partial charge in [0.2, 0.25) is 0 Å². The fourth-order valence-electron chi connectivity index (χ4n) is 3.94. The minimum Gasteiger partial charge on any atom is -0.495 e. The van der Waals surface area contributed by atoms with Gasteiger partial charge in [-0.3, -0.25) is 4.79 Å². The predicted octanol–water partition coefficient (Wildman–Crippen LogP) is 3.96. The lowest BCUT2D eigenvalue weighted by molar-refractivity contribution is 0.215. The first-order valence-corrected chi connectivity index (χ1v) is 11.7. The molecule has 9 nitrogen and oxygen atoms in total. The highest BCUT2D eigenvalue weighted by Crippen LogP contribution is 2.36. The molecular formula is C25H28ClN5O4. The number of nitrogens with one attached hydrogen (secondary N) is 1. The van der Waals surface area contributed by atoms with Crippen LogP contribution in [0.5, 0.6) is 11.5 Å². The third-order valence-corrected chi connectivity index (χ3v) is 6.18. The molecule has 0 atom stereocenters. The van der Waals surface area contributed by atoms with Gasteiger partial charge in [0, 0.05) is 38.3 Å². The summed E-state index contributed by atoms with van der Waals surface area (Å²) in [6.45, 7) is 4.35. The van der Waals surface area contributed by atoms with Crippen LogP contribution in [0.25, 0.3) is 5.69 Å². The molecule has 35 heavy (non-hydrogen) atoms. The molecule has 2 aromatic carbocycles. The van der Waals surface area contributed by atoms with E-state index in [2.05, 4.69) is 15.3 Å². The molecule has 1 aliphatic rings. The molecule has 0 spiro atoms. The van der Waals surface area contributed by atoms with Crippen LogP contribution in [0.4, 0.5) is 16.3 Å². The fraction of sp³-hybridized carbons (Fsp3) is 0.320. The Morgan fingerprint density at radius 1 is 0.971 bits per heavy atom. The summed E-state index contributed by atoms with van der Waals surface area (Å²) >= 11 is 6.23. The number of hydrogen-bond acceptors (Lipinski definition) is 6. The molecule has 4 rings (SSSR count). The number of anilines is 2. The summed E-state index contributed by atoms with van der Waals surface area (Å²) in [5.74, 6) is 1.61. The highest BCUT2D eigenvalue weighted by atomic mass is 35.5. The number of ether oxygens (including phenoxy) is 2. The number of hydrogen-bond donors (Lipinski definition) is 1. The standard InChI is InChI=1S/C25H28ClN5O4/c1-17-5-7-18(8-6-17)31-24(32)10-9-23(28-31)29-11-4-12-30(14-13-29)25(33)27-20-15-19(26)21(34-2)16-22(20)35-3/h5-10,15-16H,4,11-14H2,1-3H3,(H,27,33). The van der Waals surface area contributed by atoms with Crippen LogP contribution in [0.15, 0.2) is 53.3 Å². The summed E-state index contributed by atoms with van der Waals surface area (Å²) in [5.41, 5.74) is 2.10. The van der Waals surface area contributed by atoms with E-state index in [0.29, 0.717) is 59.9 Å². The lowest BCUT2D eigenvalue weighted by Crippen LogP contribution is -2.38. The Hall–Kier alpha value is -3.72. The number of aromatic nitrogens is 2. The van der Waals surface area contributed by atoms with Crippen molar-refractivity contribution >= 4 is 29.1 Å². The van der Waals surface area contributed by atoms with E-state index in [-0.39, 0.29) is 11.6 Å². The molecule has 10 heteroatoms. The van der Waals surface area contributed by atoms with Crippen molar-refractivity contribution in [3.05, 3.63) is 69.5 Å². The maximum absolute atomic E-state index is 13.0. The van der Waals surface area contributed by atoms with E-state index in [4.69, 9.17) is 21.1 Å². The second kappa shape index (κ2) is 10.7. The van der Waals surface area contributed by atoms with Crippen molar-refractivity contribution in [3.8, 4) is 17.2 Å². The topological polar surface area (TPSA) is 88.9 Å². The van der Waals surface area contributed by atoms with Crippen LogP contribution in [0, 0.1) is 6.92 Å². The maximum Gasteiger partial charge on any atom is 0.322 e. The van der Waals surface area contributed by atoms with Crippen LogP contribution in [-0.2, 0) is 0 Å². The van der Waals surface area contributed by atoms with E-state index in [1.807, 2.05) is 31.2 Å². The smallest absolute Gasteiger partial charge is 0.322 e. The van der Waals surface area contributed by atoms with Crippen molar-refractivity contribution in [2.24, 2.45) is 0 Å². The van der Waals surface area contributed by atoms with Crippen LogP contribution in [0.3, 0.4) is 0 Å². The van der Waals surface area contributed by atoms with Crippen LogP contribution in [-0.4, -0.2) is 61.1 Å². The van der Waals surface area contributed by atoms with Crippen LogP contribution in [0.1, 0.15) is 12.0 Å². The Morgan fingerprint density at radius 3 is 2.43 bits per heavy atom. The maximum atomic E-state index is 13.0. The molecule has 0 unspecified atom stereocenters. The van der Waals surface area contributed by atoms with Gasteiger partial charge in [-0.15, -0.1) is 5.10 Å². The van der Waals surface area contributed by atoms with Gasteiger partial charge < -0.3 is 24.6 Å². The van der Waals surface area contributed by atoms with Crippen LogP contribution >= 0.6 is 11.6 Å². The first kappa shape index (κ1) is 24.4. The van der Waals surface area contributed by atoms with Gasteiger partial charge in [-0.05, 0) is 37.6 Å². The number of carbonyl (C=O) groups excluding carboxylic acids is 1. The number of benzene rings is 2. The molecule has 1 N–H and O–H groups in total. The number of carbonyl (C=O) groups is 1. The van der Waals surface area contributed by atoms with Gasteiger partial charge in [0.1, 0.15) is 17.3 Å². The first-order valence-electron chi connectivity index (χ1n) is 11.3. The Kier molecular flexibility index (Phi) is 7.45. The van der Waals surface area contributed by atoms with E-state index in [9.17, 15) is 9.59 Å². The van der Waals surface area contributed by atoms with E-state index >= 15 is 0 Å². The van der Waals surface area contributed by atoms with Crippen molar-refractivity contribution in [1.29, 1.82) is 0 Å². The number of halogens is 1. The minimum absolute atomic E-state index is 0.194. The molecule has 0 bridgehead atoms. The normalized spacial score (nSPS) is 13.8. The van der Waals surface area contributed by atoms with Crippen molar-refractivity contribution in [1.82, 2.24) is 14.7 Å². The monoisotopic (exact) mass is 497 g/mol. The highest BCUT2D eigenvalue weighted by molar-refractivity contribution is 6.32. The van der Waals surface area contributed by atoms with Gasteiger partial charge >= 0.3 is 6.03 Å². The quantitative estimate of drug-likeness (QED) is 0.574. The Labute approximate surface area is 208 Å². The van der Waals surface area contributed by atoms with Crippen molar-refractivity contribution in [2.45, 2.75) is 13.3 Å². The highest BCUT2D eigenvalue weighted by Gasteiger charge is 2.22. The Balaban J connectivity index is 1.47. The second-order valence-corrected chi connectivity index (χ2v) is 8.63. The molecule has 0 saturated carbocycles. The zero-order valence-electron chi connectivity index (χ0n) is 20.0. The van der Waals surface area contributed by atoms with Gasteiger partial charge in [0.25, 0.3) is 5.56 Å². The van der Waals surface area contributed by atoms with E-state index in [1.54, 1.807) is 23.1 Å². The predicted molar refractivity (Wildman–Crippen MR) is 137 cm³/mol. The first-order chi connectivity index (χ1) is 16.9. The van der Waals surface area contributed by atoms with Crippen molar-refractivity contribution in [3.63, 3.8) is 0 Å². The lowest BCUT2D eigenvalue weighted by atomic mass is 10.2. The average Bonchev–Trinajstić information content (AvgIpc) is 3.12. The second-order valence-electron chi connectivity index (χ2n) is 8.22. The lowest BCUT2D eigenvalue weighted by Gasteiger charge is -2.24. The van der Waals surface area contributed by atoms with Gasteiger partial charge in [-0.2, -0.15) is 4.68 Å².